The fraction of sp³-hybridized carbons (Fsp3) is 0.350. The van der Waals surface area contributed by atoms with Gasteiger partial charge in [0.05, 0.1) is 44.6 Å². The number of methoxy groups -OCH3 is 4. The van der Waals surface area contributed by atoms with Gasteiger partial charge in [-0.05, 0) is 43.5 Å². The van der Waals surface area contributed by atoms with E-state index >= 15 is 0 Å². The van der Waals surface area contributed by atoms with Gasteiger partial charge in [-0.25, -0.2) is 13.2 Å². The fourth-order valence-corrected chi connectivity index (χ4v) is 4.68. The monoisotopic (exact) mass is 423 g/mol. The second-order valence-corrected chi connectivity index (χ2v) is 7.94. The first-order chi connectivity index (χ1) is 13.6. The summed E-state index contributed by atoms with van der Waals surface area (Å²) in [6, 6.07) is 4.40. The quantitative estimate of drug-likeness (QED) is 0.683. The number of nitrogens with one attached hydrogen (secondary N) is 1. The van der Waals surface area contributed by atoms with Crippen molar-refractivity contribution in [3.05, 3.63) is 40.5 Å². The molecule has 0 aliphatic carbocycles. The normalized spacial score (nSPS) is 11.0. The molecule has 2 rings (SSSR count). The van der Waals surface area contributed by atoms with E-state index in [1.807, 2.05) is 0 Å². The highest BCUT2D eigenvalue weighted by Gasteiger charge is 2.26. The molecule has 29 heavy (non-hydrogen) atoms. The number of hydrogen-bond donors (Lipinski definition) is 1. The molecule has 1 N–H and O–H groups in total. The van der Waals surface area contributed by atoms with Crippen molar-refractivity contribution < 1.29 is 32.2 Å². The second kappa shape index (κ2) is 8.60. The standard InChI is InChI=1S/C20H25NO7S/c1-11-8-16(25-4)12(2)13(3)19(11)29(23,24)21-15-10-18(27-6)17(26-5)9-14(15)20(22)28-7/h8-10,21H,1-7H3. The predicted molar refractivity (Wildman–Crippen MR) is 109 cm³/mol. The summed E-state index contributed by atoms with van der Waals surface area (Å²) in [7, 11) is 1.52. The van der Waals surface area contributed by atoms with Crippen LogP contribution in [0.5, 0.6) is 17.2 Å². The first-order valence-corrected chi connectivity index (χ1v) is 10.1. The van der Waals surface area contributed by atoms with Crippen LogP contribution < -0.4 is 18.9 Å². The molecule has 9 heteroatoms. The number of carbonyl (C=O) groups excluding carboxylic acids is 1. The van der Waals surface area contributed by atoms with Gasteiger partial charge in [0.2, 0.25) is 0 Å². The molecule has 0 atom stereocenters. The average Bonchev–Trinajstić information content (AvgIpc) is 2.69. The first kappa shape index (κ1) is 22.4. The van der Waals surface area contributed by atoms with Crippen molar-refractivity contribution in [3.63, 3.8) is 0 Å². The molecule has 158 valence electrons. The number of esters is 1. The van der Waals surface area contributed by atoms with Crippen molar-refractivity contribution in [2.45, 2.75) is 25.7 Å². The Balaban J connectivity index is 2.67. The van der Waals surface area contributed by atoms with Crippen LogP contribution in [0, 0.1) is 20.8 Å². The van der Waals surface area contributed by atoms with Crippen molar-refractivity contribution in [1.29, 1.82) is 0 Å². The largest absolute Gasteiger partial charge is 0.496 e. The number of anilines is 1. The van der Waals surface area contributed by atoms with Gasteiger partial charge in [-0.3, -0.25) is 4.72 Å². The zero-order valence-electron chi connectivity index (χ0n) is 17.5. The Hall–Kier alpha value is -2.94. The third-order valence-corrected chi connectivity index (χ3v) is 6.29. The van der Waals surface area contributed by atoms with E-state index in [2.05, 4.69) is 4.72 Å². The predicted octanol–water partition coefficient (Wildman–Crippen LogP) is 3.23. The third-order valence-electron chi connectivity index (χ3n) is 4.64. The Kier molecular flexibility index (Phi) is 6.63. The van der Waals surface area contributed by atoms with E-state index in [1.165, 1.54) is 40.6 Å². The number of carbonyl (C=O) groups is 1. The topological polar surface area (TPSA) is 100 Å². The highest BCUT2D eigenvalue weighted by atomic mass is 32.2. The van der Waals surface area contributed by atoms with Crippen LogP contribution in [0.3, 0.4) is 0 Å². The van der Waals surface area contributed by atoms with E-state index in [-0.39, 0.29) is 27.6 Å². The lowest BCUT2D eigenvalue weighted by atomic mass is 10.1. The second-order valence-electron chi connectivity index (χ2n) is 6.32. The molecule has 2 aromatic rings. The minimum Gasteiger partial charge on any atom is -0.496 e. The van der Waals surface area contributed by atoms with Gasteiger partial charge in [0.15, 0.2) is 11.5 Å². The summed E-state index contributed by atoms with van der Waals surface area (Å²) in [5.41, 5.74) is 1.78. The molecular formula is C20H25NO7S. The van der Waals surface area contributed by atoms with Gasteiger partial charge in [-0.2, -0.15) is 0 Å². The van der Waals surface area contributed by atoms with E-state index in [0.717, 1.165) is 0 Å². The zero-order valence-corrected chi connectivity index (χ0v) is 18.3. The molecule has 0 aromatic heterocycles. The minimum atomic E-state index is -4.04. The van der Waals surface area contributed by atoms with E-state index in [4.69, 9.17) is 18.9 Å². The van der Waals surface area contributed by atoms with Crippen LogP contribution in [0.1, 0.15) is 27.0 Å². The SMILES string of the molecule is COC(=O)c1cc(OC)c(OC)cc1NS(=O)(=O)c1c(C)cc(OC)c(C)c1C. The molecule has 0 aliphatic heterocycles. The van der Waals surface area contributed by atoms with Crippen molar-refractivity contribution in [3.8, 4) is 17.2 Å². The van der Waals surface area contributed by atoms with Crippen LogP contribution in [0.25, 0.3) is 0 Å². The molecule has 0 bridgehead atoms. The van der Waals surface area contributed by atoms with E-state index in [9.17, 15) is 13.2 Å². The van der Waals surface area contributed by atoms with Crippen LogP contribution in [-0.2, 0) is 14.8 Å². The third kappa shape index (κ3) is 4.24. The van der Waals surface area contributed by atoms with Gasteiger partial charge in [0, 0.05) is 12.1 Å². The van der Waals surface area contributed by atoms with Gasteiger partial charge in [0.25, 0.3) is 10.0 Å². The summed E-state index contributed by atoms with van der Waals surface area (Å²) in [5, 5.41) is 0. The molecule has 0 spiro atoms. The number of sulfonamides is 1. The lowest BCUT2D eigenvalue weighted by molar-refractivity contribution is 0.0601. The number of ether oxygens (including phenoxy) is 4. The Morgan fingerprint density at radius 1 is 0.828 bits per heavy atom. The van der Waals surface area contributed by atoms with Crippen molar-refractivity contribution in [1.82, 2.24) is 0 Å². The number of rotatable bonds is 7. The van der Waals surface area contributed by atoms with Crippen LogP contribution in [-0.4, -0.2) is 42.8 Å². The molecule has 0 amide bonds. The molecule has 2 aromatic carbocycles. The fourth-order valence-electron chi connectivity index (χ4n) is 3.08. The summed E-state index contributed by atoms with van der Waals surface area (Å²) in [4.78, 5) is 12.3. The summed E-state index contributed by atoms with van der Waals surface area (Å²) in [6.45, 7) is 5.16. The molecule has 0 fully saturated rings. The molecule has 0 saturated carbocycles. The van der Waals surface area contributed by atoms with Crippen LogP contribution >= 0.6 is 0 Å². The van der Waals surface area contributed by atoms with Crippen molar-refractivity contribution >= 4 is 21.7 Å². The number of hydrogen-bond acceptors (Lipinski definition) is 7. The van der Waals surface area contributed by atoms with Crippen LogP contribution in [0.2, 0.25) is 0 Å². The highest BCUT2D eigenvalue weighted by Crippen LogP contribution is 2.36. The first-order valence-electron chi connectivity index (χ1n) is 8.63. The Bertz CT molecular complexity index is 1050. The number of aryl methyl sites for hydroxylation is 1. The molecule has 8 nitrogen and oxygen atoms in total. The van der Waals surface area contributed by atoms with Crippen LogP contribution in [0.15, 0.2) is 23.1 Å². The summed E-state index contributed by atoms with van der Waals surface area (Å²) in [5.74, 6) is 0.407. The molecule has 0 unspecified atom stereocenters. The van der Waals surface area contributed by atoms with Crippen molar-refractivity contribution in [2.75, 3.05) is 33.2 Å². The molecule has 0 aliphatic rings. The van der Waals surface area contributed by atoms with Gasteiger partial charge in [-0.15, -0.1) is 0 Å². The number of benzene rings is 2. The van der Waals surface area contributed by atoms with Crippen LogP contribution in [0.4, 0.5) is 5.69 Å². The Labute approximate surface area is 170 Å². The molecule has 0 heterocycles. The van der Waals surface area contributed by atoms with Crippen molar-refractivity contribution in [2.24, 2.45) is 0 Å². The van der Waals surface area contributed by atoms with Gasteiger partial charge in [0.1, 0.15) is 5.75 Å². The van der Waals surface area contributed by atoms with Gasteiger partial charge < -0.3 is 18.9 Å². The van der Waals surface area contributed by atoms with Gasteiger partial charge >= 0.3 is 5.97 Å². The average molecular weight is 423 g/mol. The lowest BCUT2D eigenvalue weighted by Gasteiger charge is -2.19. The Morgan fingerprint density at radius 2 is 1.38 bits per heavy atom. The maximum atomic E-state index is 13.2. The van der Waals surface area contributed by atoms with E-state index < -0.39 is 16.0 Å². The zero-order chi connectivity index (χ0) is 21.9. The molecule has 0 radical (unpaired) electrons. The lowest BCUT2D eigenvalue weighted by Crippen LogP contribution is -2.19. The van der Waals surface area contributed by atoms with E-state index in [0.29, 0.717) is 22.4 Å². The smallest absolute Gasteiger partial charge is 0.340 e. The summed E-state index contributed by atoms with van der Waals surface area (Å²) >= 11 is 0. The molecular weight excluding hydrogens is 398 g/mol. The minimum absolute atomic E-state index is 0.00531. The Morgan fingerprint density at radius 3 is 1.90 bits per heavy atom. The summed E-state index contributed by atoms with van der Waals surface area (Å²) < 4.78 is 49.5. The van der Waals surface area contributed by atoms with Gasteiger partial charge in [-0.1, -0.05) is 0 Å². The highest BCUT2D eigenvalue weighted by molar-refractivity contribution is 7.92. The summed E-state index contributed by atoms with van der Waals surface area (Å²) in [6.07, 6.45) is 0. The maximum Gasteiger partial charge on any atom is 0.340 e. The molecule has 0 saturated heterocycles. The van der Waals surface area contributed by atoms with E-state index in [1.54, 1.807) is 26.8 Å². The maximum absolute atomic E-state index is 13.2.